The molecule has 146 valence electrons. The second kappa shape index (κ2) is 10.3. The van der Waals surface area contributed by atoms with E-state index in [0.717, 1.165) is 12.1 Å². The van der Waals surface area contributed by atoms with E-state index in [4.69, 9.17) is 15.2 Å². The molecule has 1 heterocycles. The van der Waals surface area contributed by atoms with E-state index in [0.29, 0.717) is 42.7 Å². The lowest BCUT2D eigenvalue weighted by molar-refractivity contribution is 0.0594. The predicted octanol–water partition coefficient (Wildman–Crippen LogP) is 1.89. The van der Waals surface area contributed by atoms with Gasteiger partial charge in [0.25, 0.3) is 0 Å². The molecule has 5 N–H and O–H groups in total. The Morgan fingerprint density at radius 1 is 1.56 bits per heavy atom. The molecule has 0 bridgehead atoms. The summed E-state index contributed by atoms with van der Waals surface area (Å²) in [7, 11) is 0. The Morgan fingerprint density at radius 2 is 2.37 bits per heavy atom. The first-order valence-corrected chi connectivity index (χ1v) is 8.72. The maximum absolute atomic E-state index is 12.2. The number of benzene rings is 1. The number of nitrogens with one attached hydrogen (secondary N) is 3. The maximum atomic E-state index is 12.2. The van der Waals surface area contributed by atoms with Crippen molar-refractivity contribution in [3.63, 3.8) is 0 Å². The van der Waals surface area contributed by atoms with Crippen molar-refractivity contribution in [2.75, 3.05) is 31.7 Å². The lowest BCUT2D eigenvalue weighted by Gasteiger charge is -2.24. The van der Waals surface area contributed by atoms with E-state index in [1.54, 1.807) is 6.92 Å². The van der Waals surface area contributed by atoms with Crippen LogP contribution in [-0.4, -0.2) is 44.7 Å². The number of aliphatic imine (C=N–C) groups is 1. The van der Waals surface area contributed by atoms with E-state index < -0.39 is 6.03 Å². The van der Waals surface area contributed by atoms with Crippen molar-refractivity contribution in [3.8, 4) is 5.75 Å². The molecule has 1 saturated heterocycles. The molecule has 1 aromatic carbocycles. The normalized spacial score (nSPS) is 17.6. The molecule has 0 spiro atoms. The molecule has 0 aromatic heterocycles. The highest BCUT2D eigenvalue weighted by Gasteiger charge is 2.15. The molecule has 1 aliphatic rings. The summed E-state index contributed by atoms with van der Waals surface area (Å²) < 4.78 is 11.3. The molecular formula is C19H27N5O3. The van der Waals surface area contributed by atoms with Gasteiger partial charge >= 0.3 is 6.03 Å². The van der Waals surface area contributed by atoms with Gasteiger partial charge in [-0.1, -0.05) is 12.6 Å². The molecule has 8 heteroatoms. The third-order valence-electron chi connectivity index (χ3n) is 3.76. The number of allylic oxidation sites excluding steroid dienone is 2. The van der Waals surface area contributed by atoms with Crippen LogP contribution in [0.3, 0.4) is 0 Å². The summed E-state index contributed by atoms with van der Waals surface area (Å²) in [6.07, 6.45) is 2.80. The van der Waals surface area contributed by atoms with Gasteiger partial charge in [-0.15, -0.1) is 0 Å². The van der Waals surface area contributed by atoms with Gasteiger partial charge in [0.1, 0.15) is 12.4 Å². The number of nitrogens with two attached hydrogens (primary N) is 1. The number of aryl methyl sites for hydroxylation is 1. The minimum atomic E-state index is -0.435. The molecule has 27 heavy (non-hydrogen) atoms. The lowest BCUT2D eigenvalue weighted by Crippen LogP contribution is -2.44. The SMILES string of the molecule is C=C(C=N/C(C)=C\N)NC(=O)Nc1cc(C)ccc1OC[C@@H]1COCCN1. The molecule has 1 fully saturated rings. The third kappa shape index (κ3) is 7.12. The van der Waals surface area contributed by atoms with Crippen LogP contribution in [0.25, 0.3) is 0 Å². The van der Waals surface area contributed by atoms with Gasteiger partial charge in [0.05, 0.1) is 42.6 Å². The van der Waals surface area contributed by atoms with Crippen LogP contribution >= 0.6 is 0 Å². The zero-order valence-electron chi connectivity index (χ0n) is 15.7. The lowest BCUT2D eigenvalue weighted by atomic mass is 10.2. The van der Waals surface area contributed by atoms with E-state index in [2.05, 4.69) is 27.5 Å². The fraction of sp³-hybridized carbons (Fsp3) is 0.368. The number of hydrogen-bond donors (Lipinski definition) is 4. The summed E-state index contributed by atoms with van der Waals surface area (Å²) in [5.41, 5.74) is 7.88. The second-order valence-electron chi connectivity index (χ2n) is 6.21. The number of morpholine rings is 1. The van der Waals surface area contributed by atoms with Crippen LogP contribution in [-0.2, 0) is 4.74 Å². The highest BCUT2D eigenvalue weighted by Crippen LogP contribution is 2.26. The molecule has 8 nitrogen and oxygen atoms in total. The van der Waals surface area contributed by atoms with Crippen molar-refractivity contribution < 1.29 is 14.3 Å². The van der Waals surface area contributed by atoms with Gasteiger partial charge in [-0.25, -0.2) is 4.79 Å². The largest absolute Gasteiger partial charge is 0.490 e. The first-order chi connectivity index (χ1) is 13.0. The Balaban J connectivity index is 1.95. The molecule has 1 aromatic rings. The number of amides is 2. The van der Waals surface area contributed by atoms with Crippen LogP contribution in [0, 0.1) is 6.92 Å². The Morgan fingerprint density at radius 3 is 3.07 bits per heavy atom. The Labute approximate surface area is 159 Å². The van der Waals surface area contributed by atoms with E-state index in [9.17, 15) is 4.79 Å². The minimum absolute atomic E-state index is 0.122. The summed E-state index contributed by atoms with van der Waals surface area (Å²) in [6.45, 7) is 9.98. The van der Waals surface area contributed by atoms with Crippen molar-refractivity contribution in [2.45, 2.75) is 19.9 Å². The number of ether oxygens (including phenoxy) is 2. The molecule has 0 saturated carbocycles. The molecule has 0 unspecified atom stereocenters. The van der Waals surface area contributed by atoms with Crippen molar-refractivity contribution in [2.24, 2.45) is 10.7 Å². The first-order valence-electron chi connectivity index (χ1n) is 8.72. The molecule has 0 radical (unpaired) electrons. The number of urea groups is 1. The van der Waals surface area contributed by atoms with Gasteiger partial charge in [-0.3, -0.25) is 4.99 Å². The number of hydrogen-bond acceptors (Lipinski definition) is 6. The van der Waals surface area contributed by atoms with E-state index in [-0.39, 0.29) is 6.04 Å². The average molecular weight is 373 g/mol. The van der Waals surface area contributed by atoms with Gasteiger partial charge in [0.2, 0.25) is 0 Å². The zero-order valence-corrected chi connectivity index (χ0v) is 15.7. The number of nitrogens with zero attached hydrogens (tertiary/aromatic N) is 1. The van der Waals surface area contributed by atoms with Crippen LogP contribution in [0.1, 0.15) is 12.5 Å². The number of rotatable bonds is 7. The first kappa shape index (κ1) is 20.5. The Kier molecular flexibility index (Phi) is 7.84. The van der Waals surface area contributed by atoms with Gasteiger partial charge in [-0.05, 0) is 31.5 Å². The standard InChI is InChI=1S/C19H27N5O3/c1-13-4-5-18(27-12-16-11-26-7-6-21-16)17(8-13)24-19(25)23-15(3)10-22-14(2)9-20/h4-5,8-10,16,21H,3,6-7,11-12,20H2,1-2H3,(H2,23,24,25)/b14-9-,22-10?/t16-/m0/s1. The maximum Gasteiger partial charge on any atom is 0.323 e. The van der Waals surface area contributed by atoms with Crippen LogP contribution in [0.5, 0.6) is 5.75 Å². The van der Waals surface area contributed by atoms with E-state index in [1.165, 1.54) is 12.4 Å². The second-order valence-corrected chi connectivity index (χ2v) is 6.21. The van der Waals surface area contributed by atoms with Gasteiger partial charge < -0.3 is 31.2 Å². The highest BCUT2D eigenvalue weighted by molar-refractivity contribution is 5.95. The monoisotopic (exact) mass is 373 g/mol. The van der Waals surface area contributed by atoms with Crippen LogP contribution in [0.15, 0.2) is 47.4 Å². The van der Waals surface area contributed by atoms with E-state index in [1.807, 2.05) is 25.1 Å². The summed E-state index contributed by atoms with van der Waals surface area (Å²) in [5, 5.41) is 8.72. The topological polar surface area (TPSA) is 110 Å². The number of carbonyl (C=O) groups excluding carboxylic acids is 1. The molecule has 0 aliphatic carbocycles. The number of anilines is 1. The van der Waals surface area contributed by atoms with Crippen molar-refractivity contribution >= 4 is 17.9 Å². The molecule has 2 amide bonds. The summed E-state index contributed by atoms with van der Waals surface area (Å²) in [6, 6.07) is 5.29. The fourth-order valence-electron chi connectivity index (χ4n) is 2.34. The Bertz CT molecular complexity index is 724. The van der Waals surface area contributed by atoms with Gasteiger partial charge in [0, 0.05) is 12.7 Å². The zero-order chi connectivity index (χ0) is 19.6. The van der Waals surface area contributed by atoms with Crippen molar-refractivity contribution in [1.29, 1.82) is 0 Å². The smallest absolute Gasteiger partial charge is 0.323 e. The number of carbonyl (C=O) groups is 1. The highest BCUT2D eigenvalue weighted by atomic mass is 16.5. The fourth-order valence-corrected chi connectivity index (χ4v) is 2.34. The molecular weight excluding hydrogens is 346 g/mol. The van der Waals surface area contributed by atoms with Crippen LogP contribution in [0.2, 0.25) is 0 Å². The van der Waals surface area contributed by atoms with Crippen molar-refractivity contribution in [3.05, 3.63) is 47.9 Å². The summed E-state index contributed by atoms with van der Waals surface area (Å²) >= 11 is 0. The minimum Gasteiger partial charge on any atom is -0.490 e. The molecule has 1 aliphatic heterocycles. The Hall–Kier alpha value is -2.84. The summed E-state index contributed by atoms with van der Waals surface area (Å²) in [5.74, 6) is 0.587. The molecule has 2 rings (SSSR count). The predicted molar refractivity (Wildman–Crippen MR) is 107 cm³/mol. The average Bonchev–Trinajstić information content (AvgIpc) is 2.66. The summed E-state index contributed by atoms with van der Waals surface area (Å²) in [4.78, 5) is 16.3. The van der Waals surface area contributed by atoms with Gasteiger partial charge in [-0.2, -0.15) is 0 Å². The van der Waals surface area contributed by atoms with E-state index >= 15 is 0 Å². The van der Waals surface area contributed by atoms with Gasteiger partial charge in [0.15, 0.2) is 0 Å². The molecule has 1 atom stereocenters. The van der Waals surface area contributed by atoms with Crippen LogP contribution in [0.4, 0.5) is 10.5 Å². The quantitative estimate of drug-likeness (QED) is 0.546. The third-order valence-corrected chi connectivity index (χ3v) is 3.76. The van der Waals surface area contributed by atoms with Crippen LogP contribution < -0.4 is 26.4 Å². The van der Waals surface area contributed by atoms with Crippen molar-refractivity contribution in [1.82, 2.24) is 10.6 Å².